The van der Waals surface area contributed by atoms with Crippen molar-refractivity contribution in [1.29, 1.82) is 0 Å². The predicted octanol–water partition coefficient (Wildman–Crippen LogP) is 3.98. The third-order valence-electron chi connectivity index (χ3n) is 5.19. The molecule has 0 aliphatic carbocycles. The number of methoxy groups -OCH3 is 1. The van der Waals surface area contributed by atoms with Gasteiger partial charge in [0.1, 0.15) is 11.8 Å². The van der Waals surface area contributed by atoms with Crippen LogP contribution in [-0.2, 0) is 14.8 Å². The van der Waals surface area contributed by atoms with Crippen LogP contribution >= 0.6 is 11.3 Å². The molecular formula is C22H23N3O4S2. The van der Waals surface area contributed by atoms with Crippen LogP contribution < -0.4 is 9.64 Å². The van der Waals surface area contributed by atoms with E-state index in [2.05, 4.69) is 4.98 Å². The first-order chi connectivity index (χ1) is 14.9. The summed E-state index contributed by atoms with van der Waals surface area (Å²) in [5.41, 5.74) is 1.47. The largest absolute Gasteiger partial charge is 0.497 e. The van der Waals surface area contributed by atoms with Gasteiger partial charge in [0, 0.05) is 11.9 Å². The predicted molar refractivity (Wildman–Crippen MR) is 120 cm³/mol. The number of thiazole rings is 1. The summed E-state index contributed by atoms with van der Waals surface area (Å²) in [4.78, 5) is 19.9. The van der Waals surface area contributed by atoms with Gasteiger partial charge in [-0.25, -0.2) is 13.4 Å². The Labute approximate surface area is 186 Å². The topological polar surface area (TPSA) is 79.8 Å². The van der Waals surface area contributed by atoms with Crippen molar-refractivity contribution in [3.8, 4) is 5.75 Å². The Balaban J connectivity index is 1.69. The Bertz CT molecular complexity index is 1160. The van der Waals surface area contributed by atoms with E-state index >= 15 is 0 Å². The van der Waals surface area contributed by atoms with Crippen molar-refractivity contribution in [3.63, 3.8) is 0 Å². The molecule has 1 aliphatic rings. The number of hydrogen-bond donors (Lipinski definition) is 0. The van der Waals surface area contributed by atoms with Gasteiger partial charge < -0.3 is 4.74 Å². The lowest BCUT2D eigenvalue weighted by molar-refractivity contribution is -0.120. The molecule has 31 heavy (non-hydrogen) atoms. The minimum Gasteiger partial charge on any atom is -0.497 e. The van der Waals surface area contributed by atoms with Crippen LogP contribution in [0.1, 0.15) is 18.5 Å². The number of benzene rings is 2. The molecule has 1 saturated heterocycles. The van der Waals surface area contributed by atoms with Gasteiger partial charge in [-0.2, -0.15) is 4.31 Å². The molecule has 2 heterocycles. The van der Waals surface area contributed by atoms with Crippen LogP contribution in [0.3, 0.4) is 0 Å². The molecule has 0 spiro atoms. The van der Waals surface area contributed by atoms with Crippen molar-refractivity contribution in [2.75, 3.05) is 18.6 Å². The Morgan fingerprint density at radius 3 is 2.48 bits per heavy atom. The highest BCUT2D eigenvalue weighted by molar-refractivity contribution is 7.89. The van der Waals surface area contributed by atoms with Crippen LogP contribution in [0.2, 0.25) is 0 Å². The van der Waals surface area contributed by atoms with E-state index in [9.17, 15) is 13.2 Å². The zero-order chi connectivity index (χ0) is 22.0. The molecule has 1 unspecified atom stereocenters. The number of rotatable bonds is 6. The monoisotopic (exact) mass is 457 g/mol. The molecule has 0 radical (unpaired) electrons. The Morgan fingerprint density at radius 1 is 1.16 bits per heavy atom. The summed E-state index contributed by atoms with van der Waals surface area (Å²) >= 11 is 1.36. The second-order valence-electron chi connectivity index (χ2n) is 7.23. The molecule has 0 bridgehead atoms. The fourth-order valence-electron chi connectivity index (χ4n) is 3.66. The number of carbonyl (C=O) groups excluding carboxylic acids is 1. The maximum atomic E-state index is 13.7. The van der Waals surface area contributed by atoms with Crippen LogP contribution in [0.4, 0.5) is 10.8 Å². The molecule has 1 aliphatic heterocycles. The molecule has 0 N–H and O–H groups in total. The summed E-state index contributed by atoms with van der Waals surface area (Å²) in [5.74, 6) is 0.275. The maximum Gasteiger partial charge on any atom is 0.251 e. The van der Waals surface area contributed by atoms with E-state index in [0.717, 1.165) is 5.69 Å². The van der Waals surface area contributed by atoms with Crippen LogP contribution in [0.5, 0.6) is 5.75 Å². The number of anilines is 2. The van der Waals surface area contributed by atoms with E-state index in [0.29, 0.717) is 36.0 Å². The molecule has 0 saturated carbocycles. The highest BCUT2D eigenvalue weighted by atomic mass is 32.2. The lowest BCUT2D eigenvalue weighted by atomic mass is 10.2. The molecule has 7 nitrogen and oxygen atoms in total. The first kappa shape index (κ1) is 21.5. The Morgan fingerprint density at radius 2 is 1.87 bits per heavy atom. The molecule has 162 valence electrons. The van der Waals surface area contributed by atoms with Crippen LogP contribution in [0, 0.1) is 6.92 Å². The number of hydrogen-bond acceptors (Lipinski definition) is 6. The second-order valence-corrected chi connectivity index (χ2v) is 9.96. The van der Waals surface area contributed by atoms with Crippen molar-refractivity contribution in [2.45, 2.75) is 30.7 Å². The highest BCUT2D eigenvalue weighted by Crippen LogP contribution is 2.34. The third kappa shape index (κ3) is 4.21. The number of sulfonamides is 1. The number of amides is 1. The smallest absolute Gasteiger partial charge is 0.251 e. The van der Waals surface area contributed by atoms with Crippen molar-refractivity contribution in [2.24, 2.45) is 0 Å². The molecule has 2 aromatic carbocycles. The average molecular weight is 458 g/mol. The molecular weight excluding hydrogens is 434 g/mol. The van der Waals surface area contributed by atoms with E-state index in [4.69, 9.17) is 4.74 Å². The number of aryl methyl sites for hydroxylation is 1. The fraction of sp³-hybridized carbons (Fsp3) is 0.273. The lowest BCUT2D eigenvalue weighted by Gasteiger charge is -2.28. The number of ether oxygens (including phenoxy) is 1. The highest BCUT2D eigenvalue weighted by Gasteiger charge is 2.42. The molecule has 4 rings (SSSR count). The molecule has 1 aromatic heterocycles. The van der Waals surface area contributed by atoms with E-state index in [1.807, 2.05) is 42.6 Å². The first-order valence-corrected chi connectivity index (χ1v) is 12.2. The molecule has 1 fully saturated rings. The number of aromatic nitrogens is 1. The minimum absolute atomic E-state index is 0.143. The zero-order valence-electron chi connectivity index (χ0n) is 17.3. The van der Waals surface area contributed by atoms with Crippen molar-refractivity contribution in [1.82, 2.24) is 9.29 Å². The summed E-state index contributed by atoms with van der Waals surface area (Å²) in [5, 5.41) is 2.40. The van der Waals surface area contributed by atoms with Crippen LogP contribution in [0.15, 0.2) is 64.9 Å². The first-order valence-electron chi connectivity index (χ1n) is 9.89. The van der Waals surface area contributed by atoms with Gasteiger partial charge in [-0.05, 0) is 56.2 Å². The van der Waals surface area contributed by atoms with Gasteiger partial charge in [-0.3, -0.25) is 9.69 Å². The molecule has 9 heteroatoms. The van der Waals surface area contributed by atoms with Crippen molar-refractivity contribution in [3.05, 3.63) is 65.7 Å². The SMILES string of the molecule is COc1ccc(S(=O)(=O)N2CCCC2C(=O)N(c2ccccc2)c2nc(C)cs2)cc1. The normalized spacial score (nSPS) is 16.9. The van der Waals surface area contributed by atoms with Gasteiger partial charge in [-0.15, -0.1) is 11.3 Å². The molecule has 1 atom stereocenters. The van der Waals surface area contributed by atoms with E-state index in [1.54, 1.807) is 12.1 Å². The molecule has 1 amide bonds. The summed E-state index contributed by atoms with van der Waals surface area (Å²) in [6.07, 6.45) is 1.08. The van der Waals surface area contributed by atoms with Crippen molar-refractivity contribution >= 4 is 38.1 Å². The van der Waals surface area contributed by atoms with Gasteiger partial charge in [0.25, 0.3) is 5.91 Å². The van der Waals surface area contributed by atoms with Gasteiger partial charge in [0.15, 0.2) is 5.13 Å². The van der Waals surface area contributed by atoms with Gasteiger partial charge in [-0.1, -0.05) is 18.2 Å². The fourth-order valence-corrected chi connectivity index (χ4v) is 6.14. The lowest BCUT2D eigenvalue weighted by Crippen LogP contribution is -2.46. The van der Waals surface area contributed by atoms with Crippen LogP contribution in [-0.4, -0.2) is 43.3 Å². The Hall–Kier alpha value is -2.75. The second kappa shape index (κ2) is 8.78. The van der Waals surface area contributed by atoms with E-state index < -0.39 is 16.1 Å². The quantitative estimate of drug-likeness (QED) is 0.559. The zero-order valence-corrected chi connectivity index (χ0v) is 18.9. The Kier molecular flexibility index (Phi) is 6.08. The van der Waals surface area contributed by atoms with Gasteiger partial charge in [0.2, 0.25) is 10.0 Å². The average Bonchev–Trinajstić information content (AvgIpc) is 3.44. The van der Waals surface area contributed by atoms with Gasteiger partial charge in [0.05, 0.1) is 23.4 Å². The summed E-state index contributed by atoms with van der Waals surface area (Å²) < 4.78 is 33.1. The third-order valence-corrected chi connectivity index (χ3v) is 8.05. The molecule has 3 aromatic rings. The van der Waals surface area contributed by atoms with Gasteiger partial charge >= 0.3 is 0 Å². The minimum atomic E-state index is -3.84. The van der Waals surface area contributed by atoms with E-state index in [-0.39, 0.29) is 10.8 Å². The van der Waals surface area contributed by atoms with Crippen LogP contribution in [0.25, 0.3) is 0 Å². The summed E-state index contributed by atoms with van der Waals surface area (Å²) in [6.45, 7) is 2.16. The summed E-state index contributed by atoms with van der Waals surface area (Å²) in [7, 11) is -2.31. The van der Waals surface area contributed by atoms with Crippen molar-refractivity contribution < 1.29 is 17.9 Å². The maximum absolute atomic E-state index is 13.7. The number of para-hydroxylation sites is 1. The number of nitrogens with zero attached hydrogens (tertiary/aromatic N) is 3. The van der Waals surface area contributed by atoms with E-state index in [1.165, 1.54) is 39.8 Å². The summed E-state index contributed by atoms with van der Waals surface area (Å²) in [6, 6.07) is 14.6. The number of carbonyl (C=O) groups is 1. The standard InChI is InChI=1S/C22H23N3O4S2/c1-16-15-30-22(23-16)25(17-7-4-3-5-8-17)21(26)20-9-6-14-24(20)31(27,28)19-12-10-18(29-2)11-13-19/h3-5,7-8,10-13,15,20H,6,9,14H2,1-2H3.